The van der Waals surface area contributed by atoms with E-state index in [2.05, 4.69) is 0 Å². The molecule has 0 atom stereocenters. The predicted octanol–water partition coefficient (Wildman–Crippen LogP) is 1.02. The molecule has 0 heterocycles. The van der Waals surface area contributed by atoms with E-state index in [1.807, 2.05) is 6.26 Å². The van der Waals surface area contributed by atoms with Crippen LogP contribution in [-0.2, 0) is 14.6 Å². The molecule has 1 rings (SSSR count). The first kappa shape index (κ1) is 12.8. The van der Waals surface area contributed by atoms with Crippen molar-refractivity contribution in [1.29, 1.82) is 0 Å². The van der Waals surface area contributed by atoms with Crippen LogP contribution in [0.1, 0.15) is 19.3 Å². The molecule has 0 unspecified atom stereocenters. The Morgan fingerprint density at radius 3 is 2.47 bits per heavy atom. The van der Waals surface area contributed by atoms with Crippen LogP contribution in [-0.4, -0.2) is 43.0 Å². The highest BCUT2D eigenvalue weighted by Gasteiger charge is 2.47. The highest BCUT2D eigenvalue weighted by molar-refractivity contribution is 8.00. The molecule has 1 aliphatic rings. The topological polar surface area (TPSA) is 71.4 Å². The summed E-state index contributed by atoms with van der Waals surface area (Å²) in [6, 6.07) is 0. The number of rotatable bonds is 7. The Kier molecular flexibility index (Phi) is 4.06. The molecule has 0 saturated heterocycles. The van der Waals surface area contributed by atoms with Gasteiger partial charge in [0.2, 0.25) is 0 Å². The van der Waals surface area contributed by atoms with E-state index in [0.29, 0.717) is 5.75 Å². The first-order valence-corrected chi connectivity index (χ1v) is 8.02. The molecule has 4 nitrogen and oxygen atoms in total. The standard InChI is InChI=1S/C9H16O4S2/c1-14-4-5-15(12,13)7-9(2-3-9)6-8(10)11/h2-7H2,1H3,(H,10,11). The third-order valence-corrected chi connectivity index (χ3v) is 5.36. The minimum atomic E-state index is -3.07. The lowest BCUT2D eigenvalue weighted by molar-refractivity contribution is -0.138. The van der Waals surface area contributed by atoms with Gasteiger partial charge in [-0.15, -0.1) is 0 Å². The van der Waals surface area contributed by atoms with Gasteiger partial charge in [0.15, 0.2) is 9.84 Å². The van der Waals surface area contributed by atoms with Gasteiger partial charge >= 0.3 is 5.97 Å². The lowest BCUT2D eigenvalue weighted by Gasteiger charge is -2.12. The number of carboxylic acids is 1. The second-order valence-corrected chi connectivity index (χ2v) is 7.33. The molecule has 0 aromatic heterocycles. The average molecular weight is 252 g/mol. The van der Waals surface area contributed by atoms with Gasteiger partial charge in [-0.05, 0) is 24.5 Å². The van der Waals surface area contributed by atoms with Crippen molar-refractivity contribution in [3.8, 4) is 0 Å². The lowest BCUT2D eigenvalue weighted by atomic mass is 10.1. The average Bonchev–Trinajstić information content (AvgIpc) is 2.79. The van der Waals surface area contributed by atoms with E-state index in [1.54, 1.807) is 0 Å². The Labute approximate surface area is 94.4 Å². The molecule has 1 saturated carbocycles. The van der Waals surface area contributed by atoms with Crippen molar-refractivity contribution in [3.05, 3.63) is 0 Å². The van der Waals surface area contributed by atoms with Crippen molar-refractivity contribution < 1.29 is 18.3 Å². The molecule has 6 heteroatoms. The SMILES string of the molecule is CSCCS(=O)(=O)CC1(CC(=O)O)CC1. The van der Waals surface area contributed by atoms with Crippen LogP contribution < -0.4 is 0 Å². The van der Waals surface area contributed by atoms with Crippen molar-refractivity contribution in [3.63, 3.8) is 0 Å². The molecular formula is C9H16O4S2. The maximum Gasteiger partial charge on any atom is 0.303 e. The van der Waals surface area contributed by atoms with E-state index in [1.165, 1.54) is 11.8 Å². The van der Waals surface area contributed by atoms with Gasteiger partial charge in [-0.3, -0.25) is 4.79 Å². The summed E-state index contributed by atoms with van der Waals surface area (Å²) in [5.74, 6) is -0.0963. The quantitative estimate of drug-likeness (QED) is 0.732. The van der Waals surface area contributed by atoms with Crippen LogP contribution >= 0.6 is 11.8 Å². The number of hydrogen-bond donors (Lipinski definition) is 1. The fraction of sp³-hybridized carbons (Fsp3) is 0.889. The van der Waals surface area contributed by atoms with Gasteiger partial charge in [-0.25, -0.2) is 8.42 Å². The van der Waals surface area contributed by atoms with Gasteiger partial charge in [0, 0.05) is 5.75 Å². The smallest absolute Gasteiger partial charge is 0.303 e. The molecule has 1 aliphatic carbocycles. The van der Waals surface area contributed by atoms with E-state index >= 15 is 0 Å². The van der Waals surface area contributed by atoms with Gasteiger partial charge in [0.25, 0.3) is 0 Å². The zero-order chi connectivity index (χ0) is 11.5. The summed E-state index contributed by atoms with van der Waals surface area (Å²) in [7, 11) is -3.07. The largest absolute Gasteiger partial charge is 0.481 e. The molecule has 0 aliphatic heterocycles. The molecule has 88 valence electrons. The summed E-state index contributed by atoms with van der Waals surface area (Å²) in [6.45, 7) is 0. The van der Waals surface area contributed by atoms with Crippen molar-refractivity contribution in [2.75, 3.05) is 23.5 Å². The Hall–Kier alpha value is -0.230. The molecule has 0 spiro atoms. The number of aliphatic carboxylic acids is 1. The zero-order valence-electron chi connectivity index (χ0n) is 8.73. The number of sulfone groups is 1. The Morgan fingerprint density at radius 2 is 2.07 bits per heavy atom. The van der Waals surface area contributed by atoms with Crippen molar-refractivity contribution in [2.24, 2.45) is 5.41 Å². The summed E-state index contributed by atoms with van der Waals surface area (Å²) in [6.07, 6.45) is 3.32. The first-order chi connectivity index (χ1) is 6.89. The fourth-order valence-electron chi connectivity index (χ4n) is 1.62. The number of carbonyl (C=O) groups is 1. The third kappa shape index (κ3) is 4.42. The number of carboxylic acid groups (broad SMARTS) is 1. The van der Waals surface area contributed by atoms with E-state index in [4.69, 9.17) is 5.11 Å². The Bertz CT molecular complexity index is 330. The van der Waals surface area contributed by atoms with Gasteiger partial charge in [-0.1, -0.05) is 0 Å². The van der Waals surface area contributed by atoms with Gasteiger partial charge in [-0.2, -0.15) is 11.8 Å². The summed E-state index contributed by atoms with van der Waals surface area (Å²) in [4.78, 5) is 10.6. The van der Waals surface area contributed by atoms with Crippen molar-refractivity contribution >= 4 is 27.6 Å². The molecule has 0 radical (unpaired) electrons. The predicted molar refractivity (Wildman–Crippen MR) is 61.0 cm³/mol. The van der Waals surface area contributed by atoms with Gasteiger partial charge in [0.05, 0.1) is 17.9 Å². The molecule has 0 amide bonds. The van der Waals surface area contributed by atoms with Gasteiger partial charge in [0.1, 0.15) is 0 Å². The monoisotopic (exact) mass is 252 g/mol. The van der Waals surface area contributed by atoms with Crippen LogP contribution in [0.5, 0.6) is 0 Å². The zero-order valence-corrected chi connectivity index (χ0v) is 10.4. The van der Waals surface area contributed by atoms with Crippen LogP contribution in [0.15, 0.2) is 0 Å². The van der Waals surface area contributed by atoms with E-state index < -0.39 is 21.2 Å². The number of hydrogen-bond acceptors (Lipinski definition) is 4. The minimum Gasteiger partial charge on any atom is -0.481 e. The summed E-state index contributed by atoms with van der Waals surface area (Å²) in [5.41, 5.74) is -0.441. The van der Waals surface area contributed by atoms with E-state index in [-0.39, 0.29) is 17.9 Å². The maximum atomic E-state index is 11.6. The first-order valence-electron chi connectivity index (χ1n) is 4.80. The molecule has 0 aromatic carbocycles. The van der Waals surface area contributed by atoms with Crippen LogP contribution in [0.25, 0.3) is 0 Å². The second-order valence-electron chi connectivity index (χ2n) is 4.16. The molecule has 15 heavy (non-hydrogen) atoms. The van der Waals surface area contributed by atoms with Crippen LogP contribution in [0.4, 0.5) is 0 Å². The van der Waals surface area contributed by atoms with Crippen LogP contribution in [0.2, 0.25) is 0 Å². The van der Waals surface area contributed by atoms with Crippen LogP contribution in [0.3, 0.4) is 0 Å². The molecule has 1 N–H and O–H groups in total. The Morgan fingerprint density at radius 1 is 1.47 bits per heavy atom. The normalized spacial score (nSPS) is 18.7. The van der Waals surface area contributed by atoms with E-state index in [9.17, 15) is 13.2 Å². The van der Waals surface area contributed by atoms with Crippen molar-refractivity contribution in [1.82, 2.24) is 0 Å². The molecular weight excluding hydrogens is 236 g/mol. The summed E-state index contributed by atoms with van der Waals surface area (Å²) < 4.78 is 23.2. The lowest BCUT2D eigenvalue weighted by Crippen LogP contribution is -2.23. The summed E-state index contributed by atoms with van der Waals surface area (Å²) >= 11 is 1.49. The number of thioether (sulfide) groups is 1. The Balaban J connectivity index is 2.50. The van der Waals surface area contributed by atoms with Crippen molar-refractivity contribution in [2.45, 2.75) is 19.3 Å². The van der Waals surface area contributed by atoms with Gasteiger partial charge < -0.3 is 5.11 Å². The maximum absolute atomic E-state index is 11.6. The molecule has 1 fully saturated rings. The molecule has 0 bridgehead atoms. The summed E-state index contributed by atoms with van der Waals surface area (Å²) in [5, 5.41) is 8.66. The minimum absolute atomic E-state index is 0.00843. The second kappa shape index (κ2) is 4.74. The fourth-order valence-corrected chi connectivity index (χ4v) is 4.77. The third-order valence-electron chi connectivity index (χ3n) is 2.61. The molecule has 0 aromatic rings. The van der Waals surface area contributed by atoms with E-state index in [0.717, 1.165) is 12.8 Å². The highest BCUT2D eigenvalue weighted by Crippen LogP contribution is 2.49. The van der Waals surface area contributed by atoms with Crippen LogP contribution in [0, 0.1) is 5.41 Å². The highest BCUT2D eigenvalue weighted by atomic mass is 32.2.